The summed E-state index contributed by atoms with van der Waals surface area (Å²) in [5.41, 5.74) is 0.425. The van der Waals surface area contributed by atoms with Gasteiger partial charge in [-0.05, 0) is 17.7 Å². The molecule has 1 amide bonds. The third kappa shape index (κ3) is 1.76. The smallest absolute Gasteiger partial charge is 0.258 e. The van der Waals surface area contributed by atoms with Crippen molar-refractivity contribution in [3.05, 3.63) is 23.1 Å². The van der Waals surface area contributed by atoms with Crippen molar-refractivity contribution in [2.24, 2.45) is 0 Å². The summed E-state index contributed by atoms with van der Waals surface area (Å²) in [6.07, 6.45) is 1.41. The Kier molecular flexibility index (Phi) is 2.74. The van der Waals surface area contributed by atoms with Gasteiger partial charge in [-0.15, -0.1) is 0 Å². The van der Waals surface area contributed by atoms with Crippen LogP contribution in [0.5, 0.6) is 0 Å². The minimum absolute atomic E-state index is 0.0907. The molecular formula is C9H10ClNO3. The molecule has 1 aromatic heterocycles. The molecule has 5 heteroatoms. The number of carbonyl (C=O) groups excluding carboxylic acids is 1. The predicted octanol–water partition coefficient (Wildman–Crippen LogP) is 1.41. The van der Waals surface area contributed by atoms with Crippen LogP contribution in [0.1, 0.15) is 10.4 Å². The zero-order valence-electron chi connectivity index (χ0n) is 7.53. The average Bonchev–Trinajstić information content (AvgIpc) is 2.65. The molecule has 2 heterocycles. The van der Waals surface area contributed by atoms with Crippen LogP contribution < -0.4 is 0 Å². The summed E-state index contributed by atoms with van der Waals surface area (Å²) in [5.74, 6) is -0.0907. The normalized spacial score (nSPS) is 17.1. The lowest BCUT2D eigenvalue weighted by Gasteiger charge is -2.26. The lowest BCUT2D eigenvalue weighted by atomic mass is 10.3. The number of halogens is 1. The van der Waals surface area contributed by atoms with Crippen LogP contribution in [0.2, 0.25) is 5.22 Å². The van der Waals surface area contributed by atoms with Gasteiger partial charge in [0.15, 0.2) is 0 Å². The number of furan rings is 1. The lowest BCUT2D eigenvalue weighted by molar-refractivity contribution is 0.0302. The van der Waals surface area contributed by atoms with Crippen LogP contribution in [0.3, 0.4) is 0 Å². The van der Waals surface area contributed by atoms with E-state index in [4.69, 9.17) is 20.8 Å². The van der Waals surface area contributed by atoms with Crippen molar-refractivity contribution in [1.82, 2.24) is 4.90 Å². The van der Waals surface area contributed by atoms with Crippen LogP contribution in [0.25, 0.3) is 0 Å². The molecule has 0 N–H and O–H groups in total. The molecule has 0 atom stereocenters. The number of carbonyl (C=O) groups is 1. The second kappa shape index (κ2) is 4.02. The molecule has 4 nitrogen and oxygen atoms in total. The lowest BCUT2D eigenvalue weighted by Crippen LogP contribution is -2.40. The Balaban J connectivity index is 2.11. The number of nitrogens with zero attached hydrogens (tertiary/aromatic N) is 1. The van der Waals surface area contributed by atoms with Gasteiger partial charge in [-0.2, -0.15) is 0 Å². The third-order valence-electron chi connectivity index (χ3n) is 2.15. The molecule has 0 aromatic carbocycles. The van der Waals surface area contributed by atoms with E-state index in [-0.39, 0.29) is 11.1 Å². The molecule has 0 saturated carbocycles. The van der Waals surface area contributed by atoms with Crippen LogP contribution >= 0.6 is 11.6 Å². The zero-order chi connectivity index (χ0) is 9.97. The van der Waals surface area contributed by atoms with Crippen LogP contribution in [0.4, 0.5) is 0 Å². The Morgan fingerprint density at radius 1 is 1.43 bits per heavy atom. The molecule has 1 fully saturated rings. The first-order valence-electron chi connectivity index (χ1n) is 4.39. The molecule has 1 aromatic rings. The van der Waals surface area contributed by atoms with Gasteiger partial charge in [0.2, 0.25) is 5.22 Å². The van der Waals surface area contributed by atoms with Crippen molar-refractivity contribution in [2.75, 3.05) is 26.3 Å². The van der Waals surface area contributed by atoms with Gasteiger partial charge in [0.1, 0.15) is 0 Å². The highest BCUT2D eigenvalue weighted by Gasteiger charge is 2.21. The summed E-state index contributed by atoms with van der Waals surface area (Å²) in [5, 5.41) is 0.154. The molecule has 0 radical (unpaired) electrons. The van der Waals surface area contributed by atoms with Crippen molar-refractivity contribution in [2.45, 2.75) is 0 Å². The van der Waals surface area contributed by atoms with Gasteiger partial charge >= 0.3 is 0 Å². The summed E-state index contributed by atoms with van der Waals surface area (Å²) in [7, 11) is 0. The van der Waals surface area contributed by atoms with Gasteiger partial charge in [0, 0.05) is 13.1 Å². The van der Waals surface area contributed by atoms with E-state index in [1.807, 2.05) is 0 Å². The zero-order valence-corrected chi connectivity index (χ0v) is 8.29. The highest BCUT2D eigenvalue weighted by Crippen LogP contribution is 2.18. The SMILES string of the molecule is O=C(c1ccoc1Cl)N1CCOCC1. The predicted molar refractivity (Wildman–Crippen MR) is 50.4 cm³/mol. The number of hydrogen-bond donors (Lipinski definition) is 0. The molecule has 0 unspecified atom stereocenters. The molecule has 0 bridgehead atoms. The number of ether oxygens (including phenoxy) is 1. The summed E-state index contributed by atoms with van der Waals surface area (Å²) < 4.78 is 10.0. The van der Waals surface area contributed by atoms with Crippen LogP contribution in [0, 0.1) is 0 Å². The molecule has 1 aliphatic heterocycles. The van der Waals surface area contributed by atoms with E-state index >= 15 is 0 Å². The van der Waals surface area contributed by atoms with Crippen molar-refractivity contribution >= 4 is 17.5 Å². The summed E-state index contributed by atoms with van der Waals surface area (Å²) in [6.45, 7) is 2.39. The van der Waals surface area contributed by atoms with E-state index in [0.29, 0.717) is 31.9 Å². The summed E-state index contributed by atoms with van der Waals surface area (Å²) in [6, 6.07) is 1.58. The van der Waals surface area contributed by atoms with E-state index in [1.165, 1.54) is 6.26 Å². The Morgan fingerprint density at radius 3 is 2.71 bits per heavy atom. The first kappa shape index (κ1) is 9.55. The van der Waals surface area contributed by atoms with E-state index in [0.717, 1.165) is 0 Å². The second-order valence-corrected chi connectivity index (χ2v) is 3.36. The highest BCUT2D eigenvalue weighted by atomic mass is 35.5. The number of amides is 1. The van der Waals surface area contributed by atoms with Crippen LogP contribution in [-0.4, -0.2) is 37.1 Å². The van der Waals surface area contributed by atoms with Crippen molar-refractivity contribution < 1.29 is 13.9 Å². The molecular weight excluding hydrogens is 206 g/mol. The van der Waals surface area contributed by atoms with Gasteiger partial charge in [-0.25, -0.2) is 0 Å². The van der Waals surface area contributed by atoms with Gasteiger partial charge in [0.05, 0.1) is 25.0 Å². The fourth-order valence-electron chi connectivity index (χ4n) is 1.38. The maximum Gasteiger partial charge on any atom is 0.258 e. The molecule has 76 valence electrons. The van der Waals surface area contributed by atoms with Crippen LogP contribution in [0.15, 0.2) is 16.7 Å². The summed E-state index contributed by atoms with van der Waals surface area (Å²) >= 11 is 5.71. The largest absolute Gasteiger partial charge is 0.452 e. The number of rotatable bonds is 1. The topological polar surface area (TPSA) is 42.7 Å². The van der Waals surface area contributed by atoms with Crippen LogP contribution in [-0.2, 0) is 4.74 Å². The van der Waals surface area contributed by atoms with Gasteiger partial charge < -0.3 is 14.1 Å². The number of morpholine rings is 1. The Hall–Kier alpha value is -1.00. The quantitative estimate of drug-likeness (QED) is 0.711. The maximum absolute atomic E-state index is 11.8. The second-order valence-electron chi connectivity index (χ2n) is 3.01. The van der Waals surface area contributed by atoms with E-state index in [9.17, 15) is 4.79 Å². The standard InChI is InChI=1S/C9H10ClNO3/c10-8-7(1-4-14-8)9(12)11-2-5-13-6-3-11/h1,4H,2-3,5-6H2. The van der Waals surface area contributed by atoms with Crippen molar-refractivity contribution in [3.63, 3.8) is 0 Å². The van der Waals surface area contributed by atoms with E-state index in [2.05, 4.69) is 0 Å². The number of hydrogen-bond acceptors (Lipinski definition) is 3. The minimum Gasteiger partial charge on any atom is -0.452 e. The third-order valence-corrected chi connectivity index (χ3v) is 2.44. The van der Waals surface area contributed by atoms with Gasteiger partial charge in [-0.1, -0.05) is 0 Å². The van der Waals surface area contributed by atoms with E-state index in [1.54, 1.807) is 11.0 Å². The first-order chi connectivity index (χ1) is 6.79. The Labute approximate surface area is 86.4 Å². The van der Waals surface area contributed by atoms with Gasteiger partial charge in [-0.3, -0.25) is 4.79 Å². The Bertz CT molecular complexity index is 331. The minimum atomic E-state index is -0.0907. The van der Waals surface area contributed by atoms with Gasteiger partial charge in [0.25, 0.3) is 5.91 Å². The highest BCUT2D eigenvalue weighted by molar-refractivity contribution is 6.32. The molecule has 14 heavy (non-hydrogen) atoms. The fourth-order valence-corrected chi connectivity index (χ4v) is 1.58. The Morgan fingerprint density at radius 2 is 2.14 bits per heavy atom. The van der Waals surface area contributed by atoms with E-state index < -0.39 is 0 Å². The van der Waals surface area contributed by atoms with Crippen molar-refractivity contribution in [1.29, 1.82) is 0 Å². The molecule has 2 rings (SSSR count). The van der Waals surface area contributed by atoms with Crippen molar-refractivity contribution in [3.8, 4) is 0 Å². The molecule has 0 aliphatic carbocycles. The first-order valence-corrected chi connectivity index (χ1v) is 4.77. The average molecular weight is 216 g/mol. The monoisotopic (exact) mass is 215 g/mol. The molecule has 1 aliphatic rings. The maximum atomic E-state index is 11.8. The summed E-state index contributed by atoms with van der Waals surface area (Å²) in [4.78, 5) is 13.5. The molecule has 1 saturated heterocycles. The fraction of sp³-hybridized carbons (Fsp3) is 0.444. The molecule has 0 spiro atoms.